The predicted octanol–water partition coefficient (Wildman–Crippen LogP) is 0.175. The van der Waals surface area contributed by atoms with Gasteiger partial charge in [-0.05, 0) is 26.2 Å². The number of nitrogens with one attached hydrogen (secondary N) is 1. The molecule has 0 aliphatic carbocycles. The van der Waals surface area contributed by atoms with Crippen LogP contribution in [0.2, 0.25) is 0 Å². The molecule has 0 saturated carbocycles. The van der Waals surface area contributed by atoms with E-state index in [0.29, 0.717) is 30.9 Å². The maximum atomic E-state index is 11.7. The van der Waals surface area contributed by atoms with Gasteiger partial charge in [0, 0.05) is 51.0 Å². The van der Waals surface area contributed by atoms with Crippen molar-refractivity contribution in [2.75, 3.05) is 19.6 Å². The average Bonchev–Trinajstić information content (AvgIpc) is 2.91. The Morgan fingerprint density at radius 3 is 2.31 bits per heavy atom. The van der Waals surface area contributed by atoms with Gasteiger partial charge in [0.05, 0.1) is 0 Å². The average molecular weight is 367 g/mol. The van der Waals surface area contributed by atoms with Gasteiger partial charge in [0.1, 0.15) is 5.78 Å². The van der Waals surface area contributed by atoms with E-state index in [1.54, 1.807) is 0 Å². The number of Topliss-reactive ketones (excluding diaryl/α,β-unsaturated/α-hetero) is 1. The third kappa shape index (κ3) is 8.02. The number of rotatable bonds is 12. The molecule has 0 fully saturated rings. The minimum Gasteiger partial charge on any atom is -0.356 e. The summed E-state index contributed by atoms with van der Waals surface area (Å²) in [5.41, 5.74) is 0. The molecule has 2 N–H and O–H groups in total. The lowest BCUT2D eigenvalue weighted by atomic mass is 10.2. The molecule has 1 rings (SSSR count). The second-order valence-corrected chi connectivity index (χ2v) is 6.04. The zero-order valence-corrected chi connectivity index (χ0v) is 14.9. The highest BCUT2D eigenvalue weighted by Crippen LogP contribution is 2.04. The van der Waals surface area contributed by atoms with Crippen molar-refractivity contribution in [2.24, 2.45) is 0 Å². The minimum atomic E-state index is -0.478. The number of unbranched alkanes of at least 4 members (excludes halogenated alkanes) is 2. The molecule has 0 spiro atoms. The van der Waals surface area contributed by atoms with Crippen molar-refractivity contribution in [2.45, 2.75) is 45.4 Å². The zero-order chi connectivity index (χ0) is 19.5. The molecule has 9 nitrogen and oxygen atoms in total. The summed E-state index contributed by atoms with van der Waals surface area (Å²) >= 11 is 0. The van der Waals surface area contributed by atoms with Crippen molar-refractivity contribution in [1.82, 2.24) is 15.3 Å². The number of hydrogen-bond donors (Lipinski definition) is 2. The highest BCUT2D eigenvalue weighted by molar-refractivity contribution is 6.13. The Bertz CT molecular complexity index is 569. The summed E-state index contributed by atoms with van der Waals surface area (Å²) in [6.45, 7) is 2.05. The minimum absolute atomic E-state index is 0.000561. The molecule has 0 bridgehead atoms. The van der Waals surface area contributed by atoms with Crippen LogP contribution in [0.15, 0.2) is 12.2 Å². The van der Waals surface area contributed by atoms with Gasteiger partial charge in [0.15, 0.2) is 0 Å². The molecule has 0 saturated heterocycles. The molecule has 0 unspecified atom stereocenters. The third-order valence-corrected chi connectivity index (χ3v) is 3.81. The summed E-state index contributed by atoms with van der Waals surface area (Å²) in [6.07, 6.45) is 4.46. The lowest BCUT2D eigenvalue weighted by Gasteiger charge is -2.14. The Hall–Kier alpha value is -2.55. The highest BCUT2D eigenvalue weighted by atomic mass is 16.5. The van der Waals surface area contributed by atoms with Gasteiger partial charge >= 0.3 is 0 Å². The number of carbonyl (C=O) groups is 5. The van der Waals surface area contributed by atoms with E-state index in [0.717, 1.165) is 4.90 Å². The van der Waals surface area contributed by atoms with Crippen LogP contribution in [0.4, 0.5) is 0 Å². The number of ketones is 1. The lowest BCUT2D eigenvalue weighted by molar-refractivity contribution is -0.166. The maximum absolute atomic E-state index is 11.7. The van der Waals surface area contributed by atoms with Gasteiger partial charge in [-0.2, -0.15) is 0 Å². The summed E-state index contributed by atoms with van der Waals surface area (Å²) < 4.78 is 0. The Kier molecular flexibility index (Phi) is 9.21. The van der Waals surface area contributed by atoms with E-state index in [2.05, 4.69) is 5.32 Å². The number of nitrogens with zero attached hydrogens (tertiary/aromatic N) is 2. The van der Waals surface area contributed by atoms with E-state index in [4.69, 9.17) is 0 Å². The Labute approximate surface area is 152 Å². The van der Waals surface area contributed by atoms with Gasteiger partial charge in [-0.15, -0.1) is 0 Å². The molecule has 0 aromatic carbocycles. The van der Waals surface area contributed by atoms with Crippen molar-refractivity contribution < 1.29 is 29.2 Å². The zero-order valence-electron chi connectivity index (χ0n) is 14.9. The summed E-state index contributed by atoms with van der Waals surface area (Å²) in [5, 5.41) is 12.8. The van der Waals surface area contributed by atoms with Gasteiger partial charge in [-0.1, -0.05) is 0 Å². The van der Waals surface area contributed by atoms with Crippen molar-refractivity contribution in [3.8, 4) is 0 Å². The van der Waals surface area contributed by atoms with E-state index in [1.807, 2.05) is 0 Å². The van der Waals surface area contributed by atoms with Crippen LogP contribution in [0.5, 0.6) is 0 Å². The van der Waals surface area contributed by atoms with Crippen molar-refractivity contribution in [3.63, 3.8) is 0 Å². The number of imide groups is 1. The van der Waals surface area contributed by atoms with Crippen LogP contribution in [0.3, 0.4) is 0 Å². The normalized spacial score (nSPS) is 13.2. The molecule has 4 amide bonds. The van der Waals surface area contributed by atoms with Crippen LogP contribution in [0.1, 0.15) is 45.4 Å². The number of amides is 4. The Balaban J connectivity index is 2.03. The van der Waals surface area contributed by atoms with Gasteiger partial charge < -0.3 is 10.1 Å². The molecular weight excluding hydrogens is 342 g/mol. The summed E-state index contributed by atoms with van der Waals surface area (Å²) in [4.78, 5) is 57.6. The first-order chi connectivity index (χ1) is 12.3. The Morgan fingerprint density at radius 2 is 1.69 bits per heavy atom. The third-order valence-electron chi connectivity index (χ3n) is 3.81. The van der Waals surface area contributed by atoms with Crippen molar-refractivity contribution >= 4 is 29.4 Å². The SMILES string of the molecule is CC(=O)CCC(=O)N(O)CCCCCNC(=O)CCN1C(=O)C=CC1=O. The molecule has 0 aromatic rings. The van der Waals surface area contributed by atoms with Crippen LogP contribution >= 0.6 is 0 Å². The summed E-state index contributed by atoms with van der Waals surface area (Å²) in [5.74, 6) is -1.64. The fourth-order valence-corrected chi connectivity index (χ4v) is 2.28. The largest absolute Gasteiger partial charge is 0.356 e. The molecular formula is C17H25N3O6. The quantitative estimate of drug-likeness (QED) is 0.219. The molecule has 0 radical (unpaired) electrons. The lowest BCUT2D eigenvalue weighted by Crippen LogP contribution is -2.35. The fourth-order valence-electron chi connectivity index (χ4n) is 2.28. The molecule has 1 aliphatic heterocycles. The standard InChI is InChI=1S/C17H25N3O6/c1-13(21)5-6-17(25)20(26)11-4-2-3-10-18-14(22)9-12-19-15(23)7-8-16(19)24/h7-8,26H,2-6,9-12H2,1H3,(H,18,22). The van der Waals surface area contributed by atoms with Crippen molar-refractivity contribution in [3.05, 3.63) is 12.2 Å². The van der Waals surface area contributed by atoms with E-state index in [9.17, 15) is 29.2 Å². The molecule has 1 aliphatic rings. The van der Waals surface area contributed by atoms with Gasteiger partial charge in [-0.25, -0.2) is 5.06 Å². The molecule has 9 heteroatoms. The first kappa shape index (κ1) is 21.5. The van der Waals surface area contributed by atoms with E-state index >= 15 is 0 Å². The van der Waals surface area contributed by atoms with Crippen LogP contribution < -0.4 is 5.32 Å². The first-order valence-corrected chi connectivity index (χ1v) is 8.60. The number of carbonyl (C=O) groups excluding carboxylic acids is 5. The fraction of sp³-hybridized carbons (Fsp3) is 0.588. The number of hydroxylamine groups is 2. The molecule has 26 heavy (non-hydrogen) atoms. The van der Waals surface area contributed by atoms with Crippen molar-refractivity contribution in [1.29, 1.82) is 0 Å². The predicted molar refractivity (Wildman–Crippen MR) is 90.8 cm³/mol. The van der Waals surface area contributed by atoms with Gasteiger partial charge in [0.2, 0.25) is 11.8 Å². The Morgan fingerprint density at radius 1 is 1.04 bits per heavy atom. The van der Waals surface area contributed by atoms with E-state index < -0.39 is 17.7 Å². The molecule has 0 aromatic heterocycles. The summed E-state index contributed by atoms with van der Waals surface area (Å²) in [7, 11) is 0. The first-order valence-electron chi connectivity index (χ1n) is 8.60. The number of hydrogen-bond acceptors (Lipinski definition) is 6. The molecule has 0 atom stereocenters. The van der Waals surface area contributed by atoms with Gasteiger partial charge in [0.25, 0.3) is 11.8 Å². The topological polar surface area (TPSA) is 124 Å². The van der Waals surface area contributed by atoms with E-state index in [-0.39, 0.29) is 44.0 Å². The molecule has 144 valence electrons. The smallest absolute Gasteiger partial charge is 0.253 e. The second-order valence-electron chi connectivity index (χ2n) is 6.04. The van der Waals surface area contributed by atoms with Crippen LogP contribution in [-0.4, -0.2) is 64.2 Å². The summed E-state index contributed by atoms with van der Waals surface area (Å²) in [6, 6.07) is 0. The van der Waals surface area contributed by atoms with Gasteiger partial charge in [-0.3, -0.25) is 29.3 Å². The maximum Gasteiger partial charge on any atom is 0.253 e. The van der Waals surface area contributed by atoms with Crippen LogP contribution in [0.25, 0.3) is 0 Å². The monoisotopic (exact) mass is 367 g/mol. The highest BCUT2D eigenvalue weighted by Gasteiger charge is 2.23. The van der Waals surface area contributed by atoms with Crippen LogP contribution in [0, 0.1) is 0 Å². The van der Waals surface area contributed by atoms with Crippen LogP contribution in [-0.2, 0) is 24.0 Å². The van der Waals surface area contributed by atoms with E-state index in [1.165, 1.54) is 19.1 Å². The second kappa shape index (κ2) is 11.1. The molecule has 1 heterocycles.